The summed E-state index contributed by atoms with van der Waals surface area (Å²) in [4.78, 5) is 4.51. The predicted octanol–water partition coefficient (Wildman–Crippen LogP) is 2.20. The molecule has 110 valence electrons. The molecule has 0 fully saturated rings. The first-order chi connectivity index (χ1) is 7.85. The molecule has 0 bridgehead atoms. The van der Waals surface area contributed by atoms with Crippen molar-refractivity contribution in [2.75, 3.05) is 26.2 Å². The number of guanidine groups is 1. The molecule has 0 rings (SSSR count). The first-order valence-corrected chi connectivity index (χ1v) is 6.62. The molecule has 0 aromatic heterocycles. The van der Waals surface area contributed by atoms with E-state index < -0.39 is 0 Å². The van der Waals surface area contributed by atoms with Crippen molar-refractivity contribution in [2.24, 2.45) is 10.9 Å². The molecule has 0 amide bonds. The van der Waals surface area contributed by atoms with E-state index in [0.29, 0.717) is 5.92 Å². The molecule has 0 saturated heterocycles. The number of halogens is 1. The molecule has 0 unspecified atom stereocenters. The summed E-state index contributed by atoms with van der Waals surface area (Å²) >= 11 is 0. The molecule has 0 aromatic carbocycles. The van der Waals surface area contributed by atoms with Gasteiger partial charge < -0.3 is 16.0 Å². The highest BCUT2D eigenvalue weighted by Gasteiger charge is 2.07. The van der Waals surface area contributed by atoms with Crippen molar-refractivity contribution in [3.05, 3.63) is 0 Å². The monoisotopic (exact) mass is 370 g/mol. The molecule has 0 saturated carbocycles. The summed E-state index contributed by atoms with van der Waals surface area (Å²) in [6.07, 6.45) is 0. The zero-order valence-electron chi connectivity index (χ0n) is 12.8. The van der Waals surface area contributed by atoms with Gasteiger partial charge in [0.2, 0.25) is 0 Å². The van der Waals surface area contributed by atoms with Crippen LogP contribution in [0.2, 0.25) is 0 Å². The van der Waals surface area contributed by atoms with Crippen LogP contribution in [0.3, 0.4) is 0 Å². The van der Waals surface area contributed by atoms with E-state index in [4.69, 9.17) is 0 Å². The van der Waals surface area contributed by atoms with Gasteiger partial charge in [-0.25, -0.2) is 0 Å². The molecule has 0 radical (unpaired) electrons. The summed E-state index contributed by atoms with van der Waals surface area (Å²) < 4.78 is 0. The van der Waals surface area contributed by atoms with Crippen molar-refractivity contribution in [3.8, 4) is 0 Å². The van der Waals surface area contributed by atoms with Gasteiger partial charge in [0.25, 0.3) is 0 Å². The highest BCUT2D eigenvalue weighted by Crippen LogP contribution is 1.96. The summed E-state index contributed by atoms with van der Waals surface area (Å²) in [6.45, 7) is 16.5. The fraction of sp³-hybridized carbons (Fsp3) is 0.923. The van der Waals surface area contributed by atoms with Crippen LogP contribution in [0.4, 0.5) is 0 Å². The maximum atomic E-state index is 4.51. The van der Waals surface area contributed by atoms with Gasteiger partial charge >= 0.3 is 0 Å². The summed E-state index contributed by atoms with van der Waals surface area (Å²) in [5.41, 5.74) is 0.176. The molecule has 0 atom stereocenters. The average Bonchev–Trinajstić information content (AvgIpc) is 2.19. The topological polar surface area (TPSA) is 48.5 Å². The summed E-state index contributed by atoms with van der Waals surface area (Å²) in [6, 6.07) is 0. The van der Waals surface area contributed by atoms with E-state index in [1.54, 1.807) is 0 Å². The van der Waals surface area contributed by atoms with E-state index >= 15 is 0 Å². The number of nitrogens with zero attached hydrogens (tertiary/aromatic N) is 1. The van der Waals surface area contributed by atoms with Crippen LogP contribution in [0.15, 0.2) is 4.99 Å². The van der Waals surface area contributed by atoms with Crippen molar-refractivity contribution in [3.63, 3.8) is 0 Å². The predicted molar refractivity (Wildman–Crippen MR) is 92.0 cm³/mol. The lowest BCUT2D eigenvalue weighted by Gasteiger charge is -2.21. The van der Waals surface area contributed by atoms with Gasteiger partial charge in [-0.3, -0.25) is 4.99 Å². The first kappa shape index (κ1) is 20.3. The third-order valence-corrected chi connectivity index (χ3v) is 2.03. The number of hydrogen-bond acceptors (Lipinski definition) is 2. The maximum absolute atomic E-state index is 4.51. The van der Waals surface area contributed by atoms with Crippen LogP contribution in [-0.2, 0) is 0 Å². The Balaban J connectivity index is 0. The fourth-order valence-corrected chi connectivity index (χ4v) is 1.23. The van der Waals surface area contributed by atoms with Crippen LogP contribution >= 0.6 is 24.0 Å². The quantitative estimate of drug-likeness (QED) is 0.291. The van der Waals surface area contributed by atoms with Gasteiger partial charge in [0, 0.05) is 31.7 Å². The highest BCUT2D eigenvalue weighted by molar-refractivity contribution is 14.0. The minimum Gasteiger partial charge on any atom is -0.357 e. The Bertz CT molecular complexity index is 222. The molecule has 4 nitrogen and oxygen atoms in total. The zero-order chi connectivity index (χ0) is 13.3. The van der Waals surface area contributed by atoms with Gasteiger partial charge in [0.1, 0.15) is 0 Å². The van der Waals surface area contributed by atoms with Crippen LogP contribution in [0.1, 0.15) is 41.5 Å². The summed E-state index contributed by atoms with van der Waals surface area (Å²) in [7, 11) is 0. The van der Waals surface area contributed by atoms with Crippen LogP contribution in [0.5, 0.6) is 0 Å². The number of hydrogen-bond donors (Lipinski definition) is 3. The Morgan fingerprint density at radius 3 is 2.17 bits per heavy atom. The normalized spacial score (nSPS) is 12.3. The molecule has 0 aliphatic heterocycles. The van der Waals surface area contributed by atoms with Crippen LogP contribution in [0, 0.1) is 5.92 Å². The molecule has 0 spiro atoms. The smallest absolute Gasteiger partial charge is 0.191 e. The number of nitrogens with one attached hydrogen (secondary N) is 3. The van der Waals surface area contributed by atoms with Crippen LogP contribution in [0.25, 0.3) is 0 Å². The first-order valence-electron chi connectivity index (χ1n) is 6.62. The third kappa shape index (κ3) is 14.0. The Kier molecular flexibility index (Phi) is 12.2. The largest absolute Gasteiger partial charge is 0.357 e. The molecule has 3 N–H and O–H groups in total. The second kappa shape index (κ2) is 10.8. The summed E-state index contributed by atoms with van der Waals surface area (Å²) in [5.74, 6) is 1.51. The van der Waals surface area contributed by atoms with Crippen molar-refractivity contribution in [2.45, 2.75) is 47.1 Å². The van der Waals surface area contributed by atoms with Gasteiger partial charge in [-0.05, 0) is 33.6 Å². The number of rotatable bonds is 6. The van der Waals surface area contributed by atoms with E-state index in [9.17, 15) is 0 Å². The number of aliphatic imine (C=N–C) groups is 1. The van der Waals surface area contributed by atoms with E-state index in [1.807, 2.05) is 0 Å². The lowest BCUT2D eigenvalue weighted by Crippen LogP contribution is -2.44. The molecule has 5 heteroatoms. The van der Waals surface area contributed by atoms with Gasteiger partial charge in [-0.2, -0.15) is 0 Å². The fourth-order valence-electron chi connectivity index (χ4n) is 1.23. The van der Waals surface area contributed by atoms with Crippen LogP contribution in [-0.4, -0.2) is 37.7 Å². The van der Waals surface area contributed by atoms with E-state index in [1.165, 1.54) is 0 Å². The second-order valence-corrected chi connectivity index (χ2v) is 5.72. The summed E-state index contributed by atoms with van der Waals surface area (Å²) in [5, 5.41) is 10.0. The molecular weight excluding hydrogens is 339 g/mol. The lowest BCUT2D eigenvalue weighted by atomic mass is 10.1. The van der Waals surface area contributed by atoms with Crippen molar-refractivity contribution >= 4 is 29.9 Å². The van der Waals surface area contributed by atoms with E-state index in [-0.39, 0.29) is 29.5 Å². The van der Waals surface area contributed by atoms with Gasteiger partial charge in [-0.1, -0.05) is 13.8 Å². The van der Waals surface area contributed by atoms with Crippen LogP contribution < -0.4 is 16.0 Å². The maximum Gasteiger partial charge on any atom is 0.191 e. The molecule has 18 heavy (non-hydrogen) atoms. The van der Waals surface area contributed by atoms with Crippen molar-refractivity contribution < 1.29 is 0 Å². The SMILES string of the molecule is CCNC(=NCC(C)C)NCCNC(C)(C)C.I. The van der Waals surface area contributed by atoms with E-state index in [2.05, 4.69) is 62.5 Å². The van der Waals surface area contributed by atoms with Crippen molar-refractivity contribution in [1.82, 2.24) is 16.0 Å². The Hall–Kier alpha value is -0.0400. The Morgan fingerprint density at radius 1 is 1.11 bits per heavy atom. The van der Waals surface area contributed by atoms with Crippen molar-refractivity contribution in [1.29, 1.82) is 0 Å². The average molecular weight is 370 g/mol. The third-order valence-electron chi connectivity index (χ3n) is 2.03. The molecule has 0 aliphatic rings. The van der Waals surface area contributed by atoms with Gasteiger partial charge in [0.05, 0.1) is 0 Å². The Morgan fingerprint density at radius 2 is 1.72 bits per heavy atom. The minimum absolute atomic E-state index is 0. The lowest BCUT2D eigenvalue weighted by molar-refractivity contribution is 0.428. The highest BCUT2D eigenvalue weighted by atomic mass is 127. The standard InChI is InChI=1S/C13H30N4.HI/c1-7-14-12(16-10-11(2)3)15-8-9-17-13(4,5)6;/h11,17H,7-10H2,1-6H3,(H2,14,15,16);1H. The van der Waals surface area contributed by atoms with Gasteiger partial charge in [0.15, 0.2) is 5.96 Å². The van der Waals surface area contributed by atoms with E-state index in [0.717, 1.165) is 32.1 Å². The molecule has 0 aliphatic carbocycles. The van der Waals surface area contributed by atoms with Gasteiger partial charge in [-0.15, -0.1) is 24.0 Å². The molecule has 0 aromatic rings. The zero-order valence-corrected chi connectivity index (χ0v) is 15.1. The molecular formula is C13H31IN4. The Labute approximate surface area is 130 Å². The second-order valence-electron chi connectivity index (χ2n) is 5.72. The minimum atomic E-state index is 0. The molecule has 0 heterocycles.